The maximum Gasteiger partial charge on any atom is 0.164 e. The minimum absolute atomic E-state index is 0.193. The Morgan fingerprint density at radius 1 is 1.33 bits per heavy atom. The van der Waals surface area contributed by atoms with Crippen LogP contribution in [0.1, 0.15) is 41.3 Å². The summed E-state index contributed by atoms with van der Waals surface area (Å²) in [6, 6.07) is 5.85. The molecule has 0 fully saturated rings. The molecule has 1 heteroatoms. The highest BCUT2D eigenvalue weighted by molar-refractivity contribution is 5.97. The van der Waals surface area contributed by atoms with E-state index in [0.29, 0.717) is 12.8 Å². The van der Waals surface area contributed by atoms with Crippen LogP contribution >= 0.6 is 0 Å². The summed E-state index contributed by atoms with van der Waals surface area (Å²) in [5.41, 5.74) is 3.10. The van der Waals surface area contributed by atoms with E-state index in [1.165, 1.54) is 5.56 Å². The number of hydrogen-bond acceptors (Lipinski definition) is 1. The van der Waals surface area contributed by atoms with Gasteiger partial charge < -0.3 is 0 Å². The van der Waals surface area contributed by atoms with E-state index in [2.05, 4.69) is 11.8 Å². The first-order chi connectivity index (χ1) is 7.16. The van der Waals surface area contributed by atoms with Gasteiger partial charge in [0, 0.05) is 18.4 Å². The van der Waals surface area contributed by atoms with Crippen molar-refractivity contribution in [3.05, 3.63) is 34.9 Å². The van der Waals surface area contributed by atoms with Gasteiger partial charge in [-0.1, -0.05) is 18.2 Å². The Labute approximate surface area is 91.5 Å². The summed E-state index contributed by atoms with van der Waals surface area (Å²) in [5.74, 6) is 5.90. The van der Waals surface area contributed by atoms with E-state index in [9.17, 15) is 4.79 Å². The van der Waals surface area contributed by atoms with Crippen molar-refractivity contribution in [1.29, 1.82) is 0 Å². The van der Waals surface area contributed by atoms with Crippen LogP contribution in [0.5, 0.6) is 0 Å². The van der Waals surface area contributed by atoms with Gasteiger partial charge in [0.15, 0.2) is 5.78 Å². The van der Waals surface area contributed by atoms with E-state index in [-0.39, 0.29) is 5.78 Å². The van der Waals surface area contributed by atoms with E-state index < -0.39 is 0 Å². The van der Waals surface area contributed by atoms with Gasteiger partial charge in [-0.15, -0.1) is 11.8 Å². The number of Topliss-reactive ketones (excluding diaryl/α,β-unsaturated/α-hetero) is 1. The van der Waals surface area contributed by atoms with Crippen molar-refractivity contribution in [2.45, 2.75) is 33.6 Å². The fourth-order valence-electron chi connectivity index (χ4n) is 1.49. The third-order valence-corrected chi connectivity index (χ3v) is 2.56. The number of hydrogen-bond donors (Lipinski definition) is 0. The van der Waals surface area contributed by atoms with Crippen LogP contribution in [-0.2, 0) is 0 Å². The van der Waals surface area contributed by atoms with Crippen LogP contribution in [0.3, 0.4) is 0 Å². The van der Waals surface area contributed by atoms with Gasteiger partial charge in [0.2, 0.25) is 0 Å². The molecule has 78 valence electrons. The first kappa shape index (κ1) is 11.5. The van der Waals surface area contributed by atoms with Crippen molar-refractivity contribution < 1.29 is 4.79 Å². The van der Waals surface area contributed by atoms with Gasteiger partial charge in [-0.2, -0.15) is 0 Å². The predicted octanol–water partition coefficient (Wildman–Crippen LogP) is 3.29. The molecule has 0 amide bonds. The highest BCUT2D eigenvalue weighted by Crippen LogP contribution is 2.15. The molecule has 15 heavy (non-hydrogen) atoms. The number of carbonyl (C=O) groups is 1. The standard InChI is InChI=1S/C14H16O/c1-4-5-6-10-14(15)13-9-7-8-11(2)12(13)3/h7-9H,6,10H2,1-3H3. The zero-order valence-corrected chi connectivity index (χ0v) is 9.55. The second-order valence-electron chi connectivity index (χ2n) is 3.60. The van der Waals surface area contributed by atoms with Crippen molar-refractivity contribution in [3.63, 3.8) is 0 Å². The normalized spacial score (nSPS) is 9.27. The summed E-state index contributed by atoms with van der Waals surface area (Å²) in [6.45, 7) is 5.81. The molecule has 0 bridgehead atoms. The molecule has 0 heterocycles. The minimum Gasteiger partial charge on any atom is -0.294 e. The van der Waals surface area contributed by atoms with E-state index >= 15 is 0 Å². The third-order valence-electron chi connectivity index (χ3n) is 2.56. The first-order valence-corrected chi connectivity index (χ1v) is 5.16. The lowest BCUT2D eigenvalue weighted by Gasteiger charge is -2.06. The molecule has 1 rings (SSSR count). The van der Waals surface area contributed by atoms with Gasteiger partial charge in [-0.05, 0) is 31.9 Å². The van der Waals surface area contributed by atoms with Crippen molar-refractivity contribution in [1.82, 2.24) is 0 Å². The number of carbonyl (C=O) groups excluding carboxylic acids is 1. The number of benzene rings is 1. The summed E-state index contributed by atoms with van der Waals surface area (Å²) in [5, 5.41) is 0. The van der Waals surface area contributed by atoms with Gasteiger partial charge in [-0.25, -0.2) is 0 Å². The molecule has 0 unspecified atom stereocenters. The van der Waals surface area contributed by atoms with Gasteiger partial charge in [-0.3, -0.25) is 4.79 Å². The quantitative estimate of drug-likeness (QED) is 0.540. The molecule has 0 spiro atoms. The van der Waals surface area contributed by atoms with E-state index in [1.807, 2.05) is 32.0 Å². The summed E-state index contributed by atoms with van der Waals surface area (Å²) >= 11 is 0. The first-order valence-electron chi connectivity index (χ1n) is 5.16. The molecule has 0 aliphatic rings. The van der Waals surface area contributed by atoms with Crippen LogP contribution in [0.15, 0.2) is 18.2 Å². The Kier molecular flexibility index (Phi) is 4.12. The van der Waals surface area contributed by atoms with Crippen molar-refractivity contribution in [2.75, 3.05) is 0 Å². The monoisotopic (exact) mass is 200 g/mol. The van der Waals surface area contributed by atoms with Crippen LogP contribution in [-0.4, -0.2) is 5.78 Å². The molecule has 0 atom stereocenters. The lowest BCUT2D eigenvalue weighted by molar-refractivity contribution is 0.0983. The highest BCUT2D eigenvalue weighted by atomic mass is 16.1. The van der Waals surface area contributed by atoms with Gasteiger partial charge in [0.25, 0.3) is 0 Å². The fraction of sp³-hybridized carbons (Fsp3) is 0.357. The molecule has 0 aromatic heterocycles. The molecule has 1 aromatic carbocycles. The van der Waals surface area contributed by atoms with Gasteiger partial charge in [0.1, 0.15) is 0 Å². The van der Waals surface area contributed by atoms with Crippen LogP contribution in [0.2, 0.25) is 0 Å². The Hall–Kier alpha value is -1.55. The van der Waals surface area contributed by atoms with Crippen LogP contribution < -0.4 is 0 Å². The lowest BCUT2D eigenvalue weighted by atomic mass is 9.98. The Bertz CT molecular complexity index is 419. The maximum absolute atomic E-state index is 11.8. The van der Waals surface area contributed by atoms with Crippen molar-refractivity contribution >= 4 is 5.78 Å². The van der Waals surface area contributed by atoms with E-state index in [1.54, 1.807) is 6.92 Å². The molecule has 0 aliphatic carbocycles. The molecule has 1 nitrogen and oxygen atoms in total. The van der Waals surface area contributed by atoms with Crippen molar-refractivity contribution in [3.8, 4) is 11.8 Å². The number of ketones is 1. The number of aryl methyl sites for hydroxylation is 1. The maximum atomic E-state index is 11.8. The molecule has 0 radical (unpaired) electrons. The van der Waals surface area contributed by atoms with Crippen LogP contribution in [0, 0.1) is 25.7 Å². The minimum atomic E-state index is 0.193. The summed E-state index contributed by atoms with van der Waals surface area (Å²) in [6.07, 6.45) is 1.17. The van der Waals surface area contributed by atoms with Gasteiger partial charge in [0.05, 0.1) is 0 Å². The predicted molar refractivity (Wildman–Crippen MR) is 62.9 cm³/mol. The Balaban J connectivity index is 2.81. The summed E-state index contributed by atoms with van der Waals surface area (Å²) in [4.78, 5) is 11.8. The smallest absolute Gasteiger partial charge is 0.164 e. The van der Waals surface area contributed by atoms with Crippen molar-refractivity contribution in [2.24, 2.45) is 0 Å². The molecule has 0 N–H and O–H groups in total. The molecule has 0 saturated carbocycles. The average Bonchev–Trinajstić information content (AvgIpc) is 2.22. The van der Waals surface area contributed by atoms with E-state index in [4.69, 9.17) is 0 Å². The molecule has 1 aromatic rings. The number of rotatable bonds is 3. The van der Waals surface area contributed by atoms with Gasteiger partial charge >= 0.3 is 0 Å². The summed E-state index contributed by atoms with van der Waals surface area (Å²) < 4.78 is 0. The Morgan fingerprint density at radius 3 is 2.73 bits per heavy atom. The summed E-state index contributed by atoms with van der Waals surface area (Å²) in [7, 11) is 0. The third kappa shape index (κ3) is 2.95. The zero-order valence-electron chi connectivity index (χ0n) is 9.55. The zero-order chi connectivity index (χ0) is 11.3. The lowest BCUT2D eigenvalue weighted by Crippen LogP contribution is -2.02. The molecular formula is C14H16O. The highest BCUT2D eigenvalue weighted by Gasteiger charge is 2.08. The molecule has 0 aliphatic heterocycles. The largest absolute Gasteiger partial charge is 0.294 e. The second-order valence-corrected chi connectivity index (χ2v) is 3.60. The van der Waals surface area contributed by atoms with E-state index in [0.717, 1.165) is 11.1 Å². The Morgan fingerprint density at radius 2 is 2.07 bits per heavy atom. The SMILES string of the molecule is CC#CCCC(=O)c1cccc(C)c1C. The topological polar surface area (TPSA) is 17.1 Å². The second kappa shape index (κ2) is 5.36. The average molecular weight is 200 g/mol. The van der Waals surface area contributed by atoms with Crippen LogP contribution in [0.25, 0.3) is 0 Å². The molecule has 0 saturated heterocycles. The molecular weight excluding hydrogens is 184 g/mol. The fourth-order valence-corrected chi connectivity index (χ4v) is 1.49. The van der Waals surface area contributed by atoms with Crippen LogP contribution in [0.4, 0.5) is 0 Å².